The number of rotatable bonds is 5. The number of aliphatic hydroxyl groups is 1. The zero-order valence-electron chi connectivity index (χ0n) is 13.9. The Morgan fingerprint density at radius 3 is 2.83 bits per heavy atom. The van der Waals surface area contributed by atoms with Gasteiger partial charge >= 0.3 is 0 Å². The summed E-state index contributed by atoms with van der Waals surface area (Å²) in [5.41, 5.74) is -0.145. The summed E-state index contributed by atoms with van der Waals surface area (Å²) in [5.74, 6) is 0. The molecule has 1 aliphatic heterocycles. The first kappa shape index (κ1) is 15.2. The van der Waals surface area contributed by atoms with Gasteiger partial charge in [-0.3, -0.25) is 0 Å². The van der Waals surface area contributed by atoms with Crippen LogP contribution in [0.5, 0.6) is 0 Å². The van der Waals surface area contributed by atoms with Crippen molar-refractivity contribution in [1.29, 1.82) is 0 Å². The summed E-state index contributed by atoms with van der Waals surface area (Å²) < 4.78 is 6.18. The third-order valence-electron chi connectivity index (χ3n) is 5.91. The maximum absolute atomic E-state index is 11.9. The van der Waals surface area contributed by atoms with Crippen LogP contribution in [0, 0.1) is 0 Å². The van der Waals surface area contributed by atoms with Crippen molar-refractivity contribution in [3.63, 3.8) is 0 Å². The van der Waals surface area contributed by atoms with Gasteiger partial charge < -0.3 is 9.84 Å². The molecule has 2 fully saturated rings. The minimum absolute atomic E-state index is 0.247. The van der Waals surface area contributed by atoms with Crippen molar-refractivity contribution in [2.24, 2.45) is 0 Å². The number of hydrogen-bond acceptors (Lipinski definition) is 2. The highest BCUT2D eigenvalue weighted by molar-refractivity contribution is 5.86. The summed E-state index contributed by atoms with van der Waals surface area (Å²) in [5, 5.41) is 14.3. The van der Waals surface area contributed by atoms with Gasteiger partial charge in [0, 0.05) is 0 Å². The molecule has 2 nitrogen and oxygen atoms in total. The Morgan fingerprint density at radius 1 is 1.17 bits per heavy atom. The Labute approximate surface area is 138 Å². The van der Waals surface area contributed by atoms with Crippen LogP contribution in [0.2, 0.25) is 0 Å². The summed E-state index contributed by atoms with van der Waals surface area (Å²) in [7, 11) is 0. The molecule has 1 saturated heterocycles. The molecule has 2 heteroatoms. The fourth-order valence-electron chi connectivity index (χ4n) is 4.61. The first-order chi connectivity index (χ1) is 11.2. The highest BCUT2D eigenvalue weighted by Crippen LogP contribution is 2.60. The highest BCUT2D eigenvalue weighted by atomic mass is 16.6. The van der Waals surface area contributed by atoms with E-state index < -0.39 is 5.60 Å². The number of ether oxygens (including phenoxy) is 1. The Balaban J connectivity index is 1.85. The zero-order valence-corrected chi connectivity index (χ0v) is 13.9. The van der Waals surface area contributed by atoms with E-state index in [1.54, 1.807) is 0 Å². The van der Waals surface area contributed by atoms with Crippen LogP contribution in [0.1, 0.15) is 57.4 Å². The topological polar surface area (TPSA) is 32.8 Å². The fourth-order valence-corrected chi connectivity index (χ4v) is 4.61. The lowest BCUT2D eigenvalue weighted by molar-refractivity contribution is -0.0569. The van der Waals surface area contributed by atoms with E-state index in [1.807, 2.05) is 0 Å². The molecule has 0 unspecified atom stereocenters. The Hall–Kier alpha value is -1.38. The predicted molar refractivity (Wildman–Crippen MR) is 93.4 cm³/mol. The number of unbranched alkanes of at least 4 members (excludes halogenated alkanes) is 1. The van der Waals surface area contributed by atoms with Crippen LogP contribution in [-0.4, -0.2) is 16.8 Å². The zero-order chi connectivity index (χ0) is 15.9. The van der Waals surface area contributed by atoms with Crippen LogP contribution in [0.25, 0.3) is 10.8 Å². The molecule has 0 radical (unpaired) electrons. The largest absolute Gasteiger partial charge is 0.382 e. The third kappa shape index (κ3) is 2.23. The molecule has 122 valence electrons. The number of epoxide rings is 1. The van der Waals surface area contributed by atoms with E-state index >= 15 is 0 Å². The molecule has 0 bridgehead atoms. The van der Waals surface area contributed by atoms with Crippen LogP contribution in [0.3, 0.4) is 0 Å². The fraction of sp³-hybridized carbons (Fsp3) is 0.524. The molecule has 1 aliphatic carbocycles. The second-order valence-electron chi connectivity index (χ2n) is 7.23. The molecule has 1 heterocycles. The van der Waals surface area contributed by atoms with E-state index in [0.717, 1.165) is 44.1 Å². The lowest BCUT2D eigenvalue weighted by Gasteiger charge is -2.38. The van der Waals surface area contributed by atoms with Gasteiger partial charge in [-0.05, 0) is 35.6 Å². The standard InChI is InChI=1S/C21H26O2/c1-2-3-14-20(22,21-15-7-6-13-19(21)23-21)18-12-8-10-16-9-4-5-11-17(16)18/h4-5,8-12,19,22H,2-3,6-7,13-15H2,1H3/t19-,20+,21+/m1/s1. The van der Waals surface area contributed by atoms with E-state index in [9.17, 15) is 5.11 Å². The molecule has 4 rings (SSSR count). The van der Waals surface area contributed by atoms with Gasteiger partial charge in [0.1, 0.15) is 11.2 Å². The van der Waals surface area contributed by atoms with Crippen LogP contribution >= 0.6 is 0 Å². The summed E-state index contributed by atoms with van der Waals surface area (Å²) in [6.07, 6.45) is 7.62. The van der Waals surface area contributed by atoms with Crippen LogP contribution in [0.15, 0.2) is 42.5 Å². The van der Waals surface area contributed by atoms with E-state index in [4.69, 9.17) is 4.74 Å². The van der Waals surface area contributed by atoms with Gasteiger partial charge in [-0.15, -0.1) is 0 Å². The Bertz CT molecular complexity index is 705. The molecule has 0 spiro atoms. The minimum Gasteiger partial charge on any atom is -0.382 e. The number of hydrogen-bond donors (Lipinski definition) is 1. The second-order valence-corrected chi connectivity index (χ2v) is 7.23. The SMILES string of the molecule is CCCC[C@](O)(c1cccc2ccccc12)[C@]12CCCC[C@H]1O2. The van der Waals surface area contributed by atoms with Crippen molar-refractivity contribution in [3.8, 4) is 0 Å². The first-order valence-electron chi connectivity index (χ1n) is 9.10. The minimum atomic E-state index is -0.866. The molecule has 0 aromatic heterocycles. The summed E-state index contributed by atoms with van der Waals surface area (Å²) >= 11 is 0. The lowest BCUT2D eigenvalue weighted by Crippen LogP contribution is -2.45. The van der Waals surface area contributed by atoms with Crippen molar-refractivity contribution >= 4 is 10.8 Å². The predicted octanol–water partition coefficient (Wildman–Crippen LogP) is 4.93. The molecule has 1 saturated carbocycles. The average molecular weight is 310 g/mol. The van der Waals surface area contributed by atoms with Gasteiger partial charge in [0.25, 0.3) is 0 Å². The molecule has 2 aromatic rings. The summed E-state index contributed by atoms with van der Waals surface area (Å²) in [6, 6.07) is 14.7. The van der Waals surface area contributed by atoms with Crippen molar-refractivity contribution in [2.45, 2.75) is 69.2 Å². The number of fused-ring (bicyclic) bond motifs is 2. The van der Waals surface area contributed by atoms with Crippen LogP contribution in [-0.2, 0) is 10.3 Å². The molecular weight excluding hydrogens is 284 g/mol. The van der Waals surface area contributed by atoms with Crippen molar-refractivity contribution in [1.82, 2.24) is 0 Å². The first-order valence-corrected chi connectivity index (χ1v) is 9.10. The Morgan fingerprint density at radius 2 is 2.00 bits per heavy atom. The van der Waals surface area contributed by atoms with Gasteiger partial charge in [0.05, 0.1) is 6.10 Å². The maximum Gasteiger partial charge on any atom is 0.127 e. The monoisotopic (exact) mass is 310 g/mol. The molecule has 0 amide bonds. The van der Waals surface area contributed by atoms with Crippen LogP contribution in [0.4, 0.5) is 0 Å². The Kier molecular flexibility index (Phi) is 3.70. The average Bonchev–Trinajstić information content (AvgIpc) is 3.35. The van der Waals surface area contributed by atoms with Gasteiger partial charge in [-0.25, -0.2) is 0 Å². The smallest absolute Gasteiger partial charge is 0.127 e. The van der Waals surface area contributed by atoms with Gasteiger partial charge in [-0.1, -0.05) is 75.1 Å². The van der Waals surface area contributed by atoms with Crippen molar-refractivity contribution < 1.29 is 9.84 Å². The van der Waals surface area contributed by atoms with E-state index in [1.165, 1.54) is 17.2 Å². The van der Waals surface area contributed by atoms with Gasteiger partial charge in [-0.2, -0.15) is 0 Å². The second kappa shape index (κ2) is 5.61. The van der Waals surface area contributed by atoms with E-state index in [2.05, 4.69) is 49.4 Å². The molecule has 23 heavy (non-hydrogen) atoms. The van der Waals surface area contributed by atoms with E-state index in [0.29, 0.717) is 0 Å². The molecular formula is C21H26O2. The lowest BCUT2D eigenvalue weighted by atomic mass is 9.69. The molecule has 2 aromatic carbocycles. The number of benzene rings is 2. The molecule has 1 N–H and O–H groups in total. The third-order valence-corrected chi connectivity index (χ3v) is 5.91. The summed E-state index contributed by atoms with van der Waals surface area (Å²) in [6.45, 7) is 2.19. The maximum atomic E-state index is 11.9. The molecule has 3 atom stereocenters. The van der Waals surface area contributed by atoms with Crippen molar-refractivity contribution in [2.75, 3.05) is 0 Å². The molecule has 2 aliphatic rings. The van der Waals surface area contributed by atoms with Gasteiger partial charge in [0.2, 0.25) is 0 Å². The van der Waals surface area contributed by atoms with Crippen molar-refractivity contribution in [3.05, 3.63) is 48.0 Å². The normalized spacial score (nSPS) is 29.0. The quantitative estimate of drug-likeness (QED) is 0.794. The van der Waals surface area contributed by atoms with Crippen LogP contribution < -0.4 is 0 Å². The van der Waals surface area contributed by atoms with E-state index in [-0.39, 0.29) is 11.7 Å². The van der Waals surface area contributed by atoms with Gasteiger partial charge in [0.15, 0.2) is 0 Å². The highest BCUT2D eigenvalue weighted by Gasteiger charge is 2.69. The summed E-state index contributed by atoms with van der Waals surface area (Å²) in [4.78, 5) is 0.